The quantitative estimate of drug-likeness (QED) is 0.387. The highest BCUT2D eigenvalue weighted by Gasteiger charge is 2.14. The summed E-state index contributed by atoms with van der Waals surface area (Å²) in [6, 6.07) is 22.3. The third kappa shape index (κ3) is 4.91. The van der Waals surface area contributed by atoms with E-state index < -0.39 is 0 Å². The van der Waals surface area contributed by atoms with Crippen LogP contribution < -0.4 is 15.5 Å². The molecule has 1 amide bonds. The first-order valence-corrected chi connectivity index (χ1v) is 11.4. The summed E-state index contributed by atoms with van der Waals surface area (Å²) >= 11 is 0. The van der Waals surface area contributed by atoms with E-state index in [1.165, 1.54) is 0 Å². The molecule has 0 bridgehead atoms. The Hall–Kier alpha value is -3.64. The molecular weight excluding hydrogens is 414 g/mol. The highest BCUT2D eigenvalue weighted by atomic mass is 16.5. The number of fused-ring (bicyclic) bond motifs is 2. The van der Waals surface area contributed by atoms with Crippen molar-refractivity contribution in [3.63, 3.8) is 0 Å². The molecule has 0 aliphatic rings. The third-order valence-electron chi connectivity index (χ3n) is 5.90. The molecule has 0 aliphatic carbocycles. The highest BCUT2D eigenvalue weighted by molar-refractivity contribution is 5.97. The Morgan fingerprint density at radius 1 is 0.879 bits per heavy atom. The van der Waals surface area contributed by atoms with E-state index in [1.54, 1.807) is 12.1 Å². The van der Waals surface area contributed by atoms with Gasteiger partial charge in [0.2, 0.25) is 5.91 Å². The average molecular weight is 444 g/mol. The van der Waals surface area contributed by atoms with E-state index in [0.717, 1.165) is 30.7 Å². The minimum absolute atomic E-state index is 0.0233. The maximum Gasteiger partial charge on any atom is 0.244 e. The number of aromatic nitrogens is 1. The second kappa shape index (κ2) is 10.3. The molecule has 0 saturated heterocycles. The number of benzene rings is 3. The fourth-order valence-corrected chi connectivity index (χ4v) is 4.10. The van der Waals surface area contributed by atoms with Gasteiger partial charge in [0.15, 0.2) is 5.43 Å². The van der Waals surface area contributed by atoms with Crippen LogP contribution in [0.25, 0.3) is 21.8 Å². The average Bonchev–Trinajstić information content (AvgIpc) is 2.85. The summed E-state index contributed by atoms with van der Waals surface area (Å²) in [5.41, 5.74) is 2.08. The molecule has 0 aliphatic heterocycles. The van der Waals surface area contributed by atoms with Crippen LogP contribution in [0, 0.1) is 0 Å². The molecule has 1 heterocycles. The third-order valence-corrected chi connectivity index (χ3v) is 5.90. The number of para-hydroxylation sites is 4. The van der Waals surface area contributed by atoms with Gasteiger partial charge in [0.05, 0.1) is 16.7 Å². The van der Waals surface area contributed by atoms with Gasteiger partial charge < -0.3 is 19.5 Å². The van der Waals surface area contributed by atoms with Gasteiger partial charge in [-0.25, -0.2) is 0 Å². The standard InChI is InChI=1S/C27H29N3O3/c1-3-29(4-2)17-18-33-25-16-10-7-13-22(25)28-26(31)19-30-23-14-8-5-11-20(23)27(32)21-12-6-9-15-24(21)30/h5-16H,3-4,17-19H2,1-2H3,(H,28,31). The van der Waals surface area contributed by atoms with Gasteiger partial charge in [-0.05, 0) is 49.5 Å². The molecule has 6 nitrogen and oxygen atoms in total. The number of rotatable bonds is 9. The molecule has 4 rings (SSSR count). The molecule has 1 N–H and O–H groups in total. The van der Waals surface area contributed by atoms with E-state index in [4.69, 9.17) is 4.74 Å². The second-order valence-electron chi connectivity index (χ2n) is 7.87. The summed E-state index contributed by atoms with van der Waals surface area (Å²) in [4.78, 5) is 28.3. The highest BCUT2D eigenvalue weighted by Crippen LogP contribution is 2.24. The number of carbonyl (C=O) groups excluding carboxylic acids is 1. The largest absolute Gasteiger partial charge is 0.490 e. The summed E-state index contributed by atoms with van der Waals surface area (Å²) in [5.74, 6) is 0.460. The molecule has 0 saturated carbocycles. The van der Waals surface area contributed by atoms with Crippen molar-refractivity contribution in [3.8, 4) is 5.75 Å². The lowest BCUT2D eigenvalue weighted by Crippen LogP contribution is -2.28. The van der Waals surface area contributed by atoms with Crippen LogP contribution in [0.1, 0.15) is 13.8 Å². The molecule has 4 aromatic rings. The lowest BCUT2D eigenvalue weighted by molar-refractivity contribution is -0.116. The van der Waals surface area contributed by atoms with Gasteiger partial charge in [0.1, 0.15) is 18.9 Å². The Morgan fingerprint density at radius 2 is 1.45 bits per heavy atom. The van der Waals surface area contributed by atoms with Gasteiger partial charge in [-0.1, -0.05) is 50.2 Å². The van der Waals surface area contributed by atoms with E-state index in [0.29, 0.717) is 28.8 Å². The van der Waals surface area contributed by atoms with E-state index in [2.05, 4.69) is 24.1 Å². The summed E-state index contributed by atoms with van der Waals surface area (Å²) in [6.45, 7) is 7.65. The van der Waals surface area contributed by atoms with Gasteiger partial charge in [-0.3, -0.25) is 9.59 Å². The normalized spacial score (nSPS) is 11.2. The van der Waals surface area contributed by atoms with Crippen molar-refractivity contribution in [1.82, 2.24) is 9.47 Å². The first kappa shape index (κ1) is 22.6. The first-order valence-electron chi connectivity index (χ1n) is 11.4. The Kier molecular flexibility index (Phi) is 7.05. The summed E-state index contributed by atoms with van der Waals surface area (Å²) in [5, 5.41) is 4.19. The molecule has 170 valence electrons. The maximum atomic E-state index is 13.1. The predicted octanol–water partition coefficient (Wildman–Crippen LogP) is 4.51. The number of likely N-dealkylation sites (N-methyl/N-ethyl adjacent to an activating group) is 1. The Morgan fingerprint density at radius 3 is 2.09 bits per heavy atom. The molecule has 0 fully saturated rings. The molecule has 1 aromatic heterocycles. The number of ether oxygens (including phenoxy) is 1. The van der Waals surface area contributed by atoms with Crippen LogP contribution in [0.2, 0.25) is 0 Å². The number of hydrogen-bond acceptors (Lipinski definition) is 4. The minimum atomic E-state index is -0.186. The summed E-state index contributed by atoms with van der Waals surface area (Å²) < 4.78 is 7.87. The van der Waals surface area contributed by atoms with E-state index >= 15 is 0 Å². The van der Waals surface area contributed by atoms with Crippen molar-refractivity contribution in [2.45, 2.75) is 20.4 Å². The fraction of sp³-hybridized carbons (Fsp3) is 0.259. The SMILES string of the molecule is CCN(CC)CCOc1ccccc1NC(=O)Cn1c2ccccc2c(=O)c2ccccc21. The number of nitrogens with zero attached hydrogens (tertiary/aromatic N) is 2. The monoisotopic (exact) mass is 443 g/mol. The Bertz CT molecular complexity index is 1270. The zero-order valence-electron chi connectivity index (χ0n) is 19.1. The van der Waals surface area contributed by atoms with Crippen molar-refractivity contribution in [1.29, 1.82) is 0 Å². The smallest absolute Gasteiger partial charge is 0.244 e. The van der Waals surface area contributed by atoms with E-state index in [-0.39, 0.29) is 17.9 Å². The molecule has 3 aromatic carbocycles. The van der Waals surface area contributed by atoms with Crippen molar-refractivity contribution in [3.05, 3.63) is 83.0 Å². The topological polar surface area (TPSA) is 63.6 Å². The molecular formula is C27H29N3O3. The van der Waals surface area contributed by atoms with Crippen LogP contribution in [-0.2, 0) is 11.3 Å². The van der Waals surface area contributed by atoms with Crippen LogP contribution in [0.5, 0.6) is 5.75 Å². The zero-order valence-corrected chi connectivity index (χ0v) is 19.1. The molecule has 6 heteroatoms. The second-order valence-corrected chi connectivity index (χ2v) is 7.87. The van der Waals surface area contributed by atoms with Crippen LogP contribution in [-0.4, -0.2) is 41.6 Å². The number of nitrogens with one attached hydrogen (secondary N) is 1. The van der Waals surface area contributed by atoms with Gasteiger partial charge >= 0.3 is 0 Å². The number of amides is 1. The molecule has 33 heavy (non-hydrogen) atoms. The number of pyridine rings is 1. The maximum absolute atomic E-state index is 13.1. The summed E-state index contributed by atoms with van der Waals surface area (Å²) in [7, 11) is 0. The predicted molar refractivity (Wildman–Crippen MR) is 134 cm³/mol. The molecule has 0 radical (unpaired) electrons. The Balaban J connectivity index is 1.58. The van der Waals surface area contributed by atoms with Crippen LogP contribution in [0.15, 0.2) is 77.6 Å². The van der Waals surface area contributed by atoms with Crippen molar-refractivity contribution in [2.24, 2.45) is 0 Å². The first-order chi connectivity index (χ1) is 16.1. The van der Waals surface area contributed by atoms with E-state index in [9.17, 15) is 9.59 Å². The van der Waals surface area contributed by atoms with Gasteiger partial charge in [-0.2, -0.15) is 0 Å². The van der Waals surface area contributed by atoms with Crippen LogP contribution in [0.3, 0.4) is 0 Å². The Labute approximate surface area is 193 Å². The van der Waals surface area contributed by atoms with Crippen LogP contribution in [0.4, 0.5) is 5.69 Å². The molecule has 0 unspecified atom stereocenters. The number of hydrogen-bond donors (Lipinski definition) is 1. The van der Waals surface area contributed by atoms with Crippen molar-refractivity contribution in [2.75, 3.05) is 31.6 Å². The number of anilines is 1. The fourth-order valence-electron chi connectivity index (χ4n) is 4.10. The lowest BCUT2D eigenvalue weighted by Gasteiger charge is -2.19. The van der Waals surface area contributed by atoms with Crippen molar-refractivity contribution < 1.29 is 9.53 Å². The minimum Gasteiger partial charge on any atom is -0.490 e. The van der Waals surface area contributed by atoms with Gasteiger partial charge in [0, 0.05) is 17.3 Å². The van der Waals surface area contributed by atoms with Gasteiger partial charge in [0.25, 0.3) is 0 Å². The molecule has 0 atom stereocenters. The van der Waals surface area contributed by atoms with E-state index in [1.807, 2.05) is 65.2 Å². The number of carbonyl (C=O) groups is 1. The summed E-state index contributed by atoms with van der Waals surface area (Å²) in [6.07, 6.45) is 0. The van der Waals surface area contributed by atoms with Gasteiger partial charge in [-0.15, -0.1) is 0 Å². The van der Waals surface area contributed by atoms with Crippen molar-refractivity contribution >= 4 is 33.4 Å². The zero-order chi connectivity index (χ0) is 23.2. The van der Waals surface area contributed by atoms with Crippen LogP contribution >= 0.6 is 0 Å². The molecule has 0 spiro atoms. The lowest BCUT2D eigenvalue weighted by atomic mass is 10.1.